The van der Waals surface area contributed by atoms with Crippen molar-refractivity contribution in [3.63, 3.8) is 0 Å². The number of amidine groups is 1. The van der Waals surface area contributed by atoms with E-state index in [1.165, 1.54) is 7.11 Å². The molecule has 0 saturated heterocycles. The Morgan fingerprint density at radius 1 is 1.44 bits per heavy atom. The number of nitrogens with zero attached hydrogens (tertiary/aromatic N) is 2. The summed E-state index contributed by atoms with van der Waals surface area (Å²) in [4.78, 5) is 1.59. The van der Waals surface area contributed by atoms with Crippen LogP contribution in [-0.2, 0) is 0 Å². The number of thioether (sulfide) groups is 1. The van der Waals surface area contributed by atoms with Crippen molar-refractivity contribution in [1.29, 1.82) is 0 Å². The van der Waals surface area contributed by atoms with Crippen LogP contribution < -0.4 is 9.64 Å². The second-order valence-corrected chi connectivity index (χ2v) is 5.59. The Hall–Kier alpha value is -1.02. The second kappa shape index (κ2) is 3.99. The standard InChI is InChI=1S/C10H7F3N2OS2/c1-16-5-2-3-6-7(4-5)17-9-14-18-10(12,13)8(11)15(6)9/h2-4,8H,1H3. The number of hydrogen-bond donors (Lipinski definition) is 0. The predicted molar refractivity (Wildman–Crippen MR) is 66.2 cm³/mol. The average Bonchev–Trinajstić information content (AvgIpc) is 2.72. The maximum Gasteiger partial charge on any atom is 0.363 e. The Balaban J connectivity index is 2.06. The van der Waals surface area contributed by atoms with Crippen molar-refractivity contribution < 1.29 is 17.9 Å². The van der Waals surface area contributed by atoms with Crippen LogP contribution in [0.2, 0.25) is 0 Å². The van der Waals surface area contributed by atoms with Crippen molar-refractivity contribution in [3.05, 3.63) is 18.2 Å². The Morgan fingerprint density at radius 2 is 2.22 bits per heavy atom. The highest BCUT2D eigenvalue weighted by Crippen LogP contribution is 2.51. The molecule has 0 spiro atoms. The predicted octanol–water partition coefficient (Wildman–Crippen LogP) is 3.51. The molecule has 0 fully saturated rings. The van der Waals surface area contributed by atoms with Crippen LogP contribution in [0.4, 0.5) is 18.9 Å². The summed E-state index contributed by atoms with van der Waals surface area (Å²) in [5.74, 6) is 0.594. The molecule has 0 aliphatic carbocycles. The van der Waals surface area contributed by atoms with Gasteiger partial charge in [-0.25, -0.2) is 4.39 Å². The van der Waals surface area contributed by atoms with Crippen LogP contribution in [0.5, 0.6) is 5.75 Å². The summed E-state index contributed by atoms with van der Waals surface area (Å²) in [6.07, 6.45) is -2.41. The van der Waals surface area contributed by atoms with E-state index < -0.39 is 11.6 Å². The molecule has 1 aromatic rings. The number of halogens is 3. The van der Waals surface area contributed by atoms with Gasteiger partial charge in [-0.2, -0.15) is 13.2 Å². The molecule has 96 valence electrons. The lowest BCUT2D eigenvalue weighted by molar-refractivity contribution is 0.0186. The minimum Gasteiger partial charge on any atom is -0.497 e. The smallest absolute Gasteiger partial charge is 0.363 e. The molecule has 2 aliphatic rings. The number of methoxy groups -OCH3 is 1. The van der Waals surface area contributed by atoms with Gasteiger partial charge in [0, 0.05) is 4.90 Å². The summed E-state index contributed by atoms with van der Waals surface area (Å²) in [7, 11) is 1.51. The highest BCUT2D eigenvalue weighted by Gasteiger charge is 2.52. The number of hydrogen-bond acceptors (Lipinski definition) is 5. The molecule has 0 radical (unpaired) electrons. The van der Waals surface area contributed by atoms with Crippen LogP contribution in [0.15, 0.2) is 27.5 Å². The maximum atomic E-state index is 13.8. The van der Waals surface area contributed by atoms with Crippen LogP contribution in [0.25, 0.3) is 0 Å². The molecule has 0 amide bonds. The van der Waals surface area contributed by atoms with Crippen molar-refractivity contribution in [2.45, 2.75) is 16.4 Å². The van der Waals surface area contributed by atoms with Gasteiger partial charge in [-0.1, -0.05) is 0 Å². The molecule has 1 unspecified atom stereocenters. The third-order valence-electron chi connectivity index (χ3n) is 2.58. The van der Waals surface area contributed by atoms with Gasteiger partial charge >= 0.3 is 5.25 Å². The van der Waals surface area contributed by atoms with Crippen LogP contribution in [0.3, 0.4) is 0 Å². The number of rotatable bonds is 1. The molecule has 18 heavy (non-hydrogen) atoms. The molecule has 3 nitrogen and oxygen atoms in total. The number of alkyl halides is 3. The van der Waals surface area contributed by atoms with E-state index in [0.717, 1.165) is 16.7 Å². The lowest BCUT2D eigenvalue weighted by Gasteiger charge is -2.31. The Labute approximate surface area is 110 Å². The monoisotopic (exact) mass is 292 g/mol. The molecule has 3 rings (SSSR count). The first-order valence-corrected chi connectivity index (χ1v) is 6.55. The fourth-order valence-electron chi connectivity index (χ4n) is 1.73. The fourth-order valence-corrected chi connectivity index (χ4v) is 3.40. The molecule has 1 atom stereocenters. The zero-order chi connectivity index (χ0) is 12.9. The topological polar surface area (TPSA) is 24.8 Å². The van der Waals surface area contributed by atoms with Gasteiger partial charge in [0.15, 0.2) is 5.17 Å². The van der Waals surface area contributed by atoms with Crippen LogP contribution in [0, 0.1) is 0 Å². The average molecular weight is 292 g/mol. The van der Waals surface area contributed by atoms with Crippen molar-refractivity contribution in [3.8, 4) is 5.75 Å². The third-order valence-corrected chi connectivity index (χ3v) is 4.42. The highest BCUT2D eigenvalue weighted by atomic mass is 32.2. The minimum atomic E-state index is -3.54. The summed E-state index contributed by atoms with van der Waals surface area (Å²) >= 11 is 1.13. The quantitative estimate of drug-likeness (QED) is 0.584. The third kappa shape index (κ3) is 1.66. The Kier molecular flexibility index (Phi) is 2.67. The highest BCUT2D eigenvalue weighted by molar-refractivity contribution is 8.16. The van der Waals surface area contributed by atoms with Crippen molar-refractivity contribution in [2.24, 2.45) is 4.40 Å². The zero-order valence-corrected chi connectivity index (χ0v) is 10.7. The number of benzene rings is 1. The molecule has 0 saturated carbocycles. The molecule has 1 aromatic carbocycles. The van der Waals surface area contributed by atoms with E-state index >= 15 is 0 Å². The van der Waals surface area contributed by atoms with E-state index in [1.807, 2.05) is 0 Å². The molecular formula is C10H7F3N2OS2. The zero-order valence-electron chi connectivity index (χ0n) is 9.06. The normalized spacial score (nSPS) is 24.3. The summed E-state index contributed by atoms with van der Waals surface area (Å²) in [5, 5.41) is -3.30. The van der Waals surface area contributed by atoms with Gasteiger partial charge in [0.2, 0.25) is 0 Å². The summed E-state index contributed by atoms with van der Waals surface area (Å²) in [6.45, 7) is 0. The SMILES string of the molecule is COc1ccc2c(c1)SC1=NSC(F)(F)C(F)N12. The van der Waals surface area contributed by atoms with Gasteiger partial charge in [0.1, 0.15) is 5.75 Å². The van der Waals surface area contributed by atoms with Gasteiger partial charge in [0.25, 0.3) is 6.30 Å². The van der Waals surface area contributed by atoms with Gasteiger partial charge in [-0.15, -0.1) is 0 Å². The van der Waals surface area contributed by atoms with Crippen LogP contribution in [-0.4, -0.2) is 23.8 Å². The van der Waals surface area contributed by atoms with Gasteiger partial charge in [-0.3, -0.25) is 4.90 Å². The molecule has 2 aliphatic heterocycles. The molecule has 0 N–H and O–H groups in total. The van der Waals surface area contributed by atoms with Crippen molar-refractivity contribution >= 4 is 34.6 Å². The van der Waals surface area contributed by atoms with Crippen molar-refractivity contribution in [1.82, 2.24) is 0 Å². The lowest BCUT2D eigenvalue weighted by atomic mass is 10.2. The van der Waals surface area contributed by atoms with Crippen LogP contribution in [0.1, 0.15) is 0 Å². The van der Waals surface area contributed by atoms with E-state index in [0.29, 0.717) is 16.3 Å². The van der Waals surface area contributed by atoms with E-state index in [9.17, 15) is 13.2 Å². The largest absolute Gasteiger partial charge is 0.497 e. The van der Waals surface area contributed by atoms with Crippen LogP contribution >= 0.6 is 23.7 Å². The number of fused-ring (bicyclic) bond motifs is 3. The van der Waals surface area contributed by atoms with Gasteiger partial charge < -0.3 is 4.74 Å². The molecule has 2 heterocycles. The summed E-state index contributed by atoms with van der Waals surface area (Å²) < 4.78 is 49.1. The van der Waals surface area contributed by atoms with E-state index in [1.54, 1.807) is 18.2 Å². The molecular weight excluding hydrogens is 285 g/mol. The number of anilines is 1. The Morgan fingerprint density at radius 3 is 2.94 bits per heavy atom. The number of ether oxygens (including phenoxy) is 1. The van der Waals surface area contributed by atoms with Gasteiger partial charge in [-0.05, 0) is 30.0 Å². The summed E-state index contributed by atoms with van der Waals surface area (Å²) in [5.41, 5.74) is 0.395. The summed E-state index contributed by atoms with van der Waals surface area (Å²) in [6, 6.07) is 4.84. The van der Waals surface area contributed by atoms with Gasteiger partial charge in [0.05, 0.1) is 24.7 Å². The van der Waals surface area contributed by atoms with E-state index in [4.69, 9.17) is 4.74 Å². The first-order chi connectivity index (χ1) is 8.53. The van der Waals surface area contributed by atoms with E-state index in [2.05, 4.69) is 4.40 Å². The molecule has 0 bridgehead atoms. The maximum absolute atomic E-state index is 13.8. The first-order valence-electron chi connectivity index (χ1n) is 4.96. The lowest BCUT2D eigenvalue weighted by Crippen LogP contribution is -2.46. The Bertz CT molecular complexity index is 538. The van der Waals surface area contributed by atoms with Crippen molar-refractivity contribution in [2.75, 3.05) is 12.0 Å². The minimum absolute atomic E-state index is 0.0287. The first kappa shape index (κ1) is 12.0. The molecule has 0 aromatic heterocycles. The van der Waals surface area contributed by atoms with E-state index in [-0.39, 0.29) is 17.1 Å². The molecule has 8 heteroatoms. The second-order valence-electron chi connectivity index (χ2n) is 3.67. The fraction of sp³-hybridized carbons (Fsp3) is 0.300.